The van der Waals surface area contributed by atoms with Crippen LogP contribution >= 0.6 is 24.8 Å². The van der Waals surface area contributed by atoms with Gasteiger partial charge >= 0.3 is 77.7 Å². The molecule has 7 heteroatoms. The van der Waals surface area contributed by atoms with Crippen molar-refractivity contribution in [3.05, 3.63) is 0 Å². The van der Waals surface area contributed by atoms with E-state index in [0.29, 0.717) is 0 Å². The fourth-order valence-electron chi connectivity index (χ4n) is 1.65. The smallest absolute Gasteiger partial charge is 0 e. The second kappa shape index (κ2) is 3.62. The number of rotatable bonds is 2. The van der Waals surface area contributed by atoms with E-state index in [2.05, 4.69) is 0 Å². The zero-order chi connectivity index (χ0) is 9.81. The minimum absolute atomic E-state index is 0. The number of hydrogen-bond acceptors (Lipinski definition) is 4. The van der Waals surface area contributed by atoms with Gasteiger partial charge in [-0.15, -0.1) is 0 Å². The Labute approximate surface area is 98.3 Å². The molecule has 82 valence electrons. The molecule has 0 aromatic carbocycles. The van der Waals surface area contributed by atoms with Gasteiger partial charge in [0.2, 0.25) is 0 Å². The molecule has 0 aliphatic carbocycles. The molecular formula is C6H17MoO3PS2. The van der Waals surface area contributed by atoms with Gasteiger partial charge in [-0.25, -0.2) is 0 Å². The molecule has 0 bridgehead atoms. The van der Waals surface area contributed by atoms with Crippen LogP contribution in [0.2, 0.25) is 0 Å². The maximum absolute atomic E-state index is 9.59. The first kappa shape index (κ1) is 14.7. The molecule has 1 aliphatic rings. The third kappa shape index (κ3) is 1.99. The molecule has 0 aromatic heterocycles. The Morgan fingerprint density at radius 2 is 1.23 bits per heavy atom. The molecule has 3 nitrogen and oxygen atoms in total. The fourth-order valence-corrected chi connectivity index (χ4v) is 25.6. The summed E-state index contributed by atoms with van der Waals surface area (Å²) < 4.78 is 0. The SMILES string of the molecule is CC(C)S1(C(C)C)SP1(O)(O)O.[Mo]. The molecule has 3 N–H and O–H groups in total. The van der Waals surface area contributed by atoms with Gasteiger partial charge in [-0.3, -0.25) is 0 Å². The van der Waals surface area contributed by atoms with Crippen LogP contribution in [0.4, 0.5) is 0 Å². The Hall–Kier alpha value is 1.70. The van der Waals surface area contributed by atoms with Crippen molar-refractivity contribution in [3.63, 3.8) is 0 Å². The molecule has 0 aromatic rings. The maximum atomic E-state index is 9.59. The summed E-state index contributed by atoms with van der Waals surface area (Å²) in [6.07, 6.45) is 0. The molecule has 1 saturated heterocycles. The van der Waals surface area contributed by atoms with Crippen molar-refractivity contribution in [3.8, 4) is 0 Å². The van der Waals surface area contributed by atoms with E-state index in [-0.39, 0.29) is 31.6 Å². The Kier molecular flexibility index (Phi) is 4.09. The standard InChI is InChI=1S/C6H17O3PS2.Mo/c1-5(2)12(6(3)4)10(7,8,9)11-12;/h5-9H,1-4H3;. The summed E-state index contributed by atoms with van der Waals surface area (Å²) in [4.78, 5) is 28.8. The fraction of sp³-hybridized carbons (Fsp3) is 1.00. The van der Waals surface area contributed by atoms with E-state index in [1.165, 1.54) is 0 Å². The minimum atomic E-state index is -4.23. The summed E-state index contributed by atoms with van der Waals surface area (Å²) >= 11 is 0. The maximum Gasteiger partial charge on any atom is 0 e. The summed E-state index contributed by atoms with van der Waals surface area (Å²) in [5.41, 5.74) is -4.23. The number of hydrogen-bond donors (Lipinski definition) is 3. The molecule has 0 saturated carbocycles. The third-order valence-electron chi connectivity index (χ3n) is 2.08. The molecule has 13 heavy (non-hydrogen) atoms. The molecule has 1 heterocycles. The Morgan fingerprint density at radius 1 is 1.00 bits per heavy atom. The third-order valence-corrected chi connectivity index (χ3v) is 23.5. The van der Waals surface area contributed by atoms with Gasteiger partial charge in [0.1, 0.15) is 0 Å². The van der Waals surface area contributed by atoms with Crippen molar-refractivity contribution in [1.82, 2.24) is 0 Å². The zero-order valence-electron chi connectivity index (χ0n) is 8.17. The first-order valence-corrected chi connectivity index (χ1v) is 10.3. The van der Waals surface area contributed by atoms with E-state index in [9.17, 15) is 14.7 Å². The first-order chi connectivity index (χ1) is 5.12. The van der Waals surface area contributed by atoms with E-state index in [4.69, 9.17) is 0 Å². The van der Waals surface area contributed by atoms with Crippen LogP contribution in [0.1, 0.15) is 27.7 Å². The largest absolute Gasteiger partial charge is 0 e. The van der Waals surface area contributed by atoms with Gasteiger partial charge in [-0.2, -0.15) is 0 Å². The van der Waals surface area contributed by atoms with Crippen molar-refractivity contribution in [2.45, 2.75) is 38.2 Å². The van der Waals surface area contributed by atoms with E-state index in [1.54, 1.807) is 0 Å². The van der Waals surface area contributed by atoms with E-state index in [1.807, 2.05) is 27.7 Å². The van der Waals surface area contributed by atoms with Crippen LogP contribution < -0.4 is 0 Å². The average molecular weight is 328 g/mol. The average Bonchev–Trinajstić information content (AvgIpc) is 2.28. The summed E-state index contributed by atoms with van der Waals surface area (Å²) in [5, 5.41) is 0.334. The van der Waals surface area contributed by atoms with Crippen molar-refractivity contribution >= 4 is 24.8 Å². The van der Waals surface area contributed by atoms with Gasteiger partial charge in [-0.05, 0) is 0 Å². The van der Waals surface area contributed by atoms with Gasteiger partial charge < -0.3 is 0 Å². The van der Waals surface area contributed by atoms with Crippen LogP contribution in [-0.4, -0.2) is 25.2 Å². The van der Waals surface area contributed by atoms with Crippen LogP contribution in [0.15, 0.2) is 0 Å². The van der Waals surface area contributed by atoms with Crippen molar-refractivity contribution in [1.29, 1.82) is 0 Å². The molecule has 0 radical (unpaired) electrons. The molecule has 0 amide bonds. The predicted octanol–water partition coefficient (Wildman–Crippen LogP) is 2.37. The molecule has 1 rings (SSSR count). The second-order valence-corrected chi connectivity index (χ2v) is 19.3. The zero-order valence-corrected chi connectivity index (χ0v) is 12.7. The van der Waals surface area contributed by atoms with Gasteiger partial charge in [0, 0.05) is 21.1 Å². The van der Waals surface area contributed by atoms with E-state index >= 15 is 0 Å². The summed E-state index contributed by atoms with van der Waals surface area (Å²) in [5.74, 6) is 0. The Morgan fingerprint density at radius 3 is 1.23 bits per heavy atom. The van der Waals surface area contributed by atoms with Gasteiger partial charge in [0.15, 0.2) is 0 Å². The Bertz CT molecular complexity index is 206. The summed E-state index contributed by atoms with van der Waals surface area (Å²) in [6.45, 7) is 7.78. The van der Waals surface area contributed by atoms with Gasteiger partial charge in [-0.1, -0.05) is 0 Å². The van der Waals surface area contributed by atoms with Gasteiger partial charge in [0.05, 0.1) is 0 Å². The molecule has 0 spiro atoms. The topological polar surface area (TPSA) is 60.7 Å². The molecular weight excluding hydrogens is 311 g/mol. The first-order valence-electron chi connectivity index (χ1n) is 3.91. The van der Waals surface area contributed by atoms with Crippen LogP contribution in [0.25, 0.3) is 0 Å². The normalized spacial score (nSPS) is 32.8. The van der Waals surface area contributed by atoms with Crippen molar-refractivity contribution in [2.24, 2.45) is 0 Å². The summed E-state index contributed by atoms with van der Waals surface area (Å²) in [6, 6.07) is 0. The van der Waals surface area contributed by atoms with Crippen LogP contribution in [-0.2, 0) is 21.1 Å². The van der Waals surface area contributed by atoms with Crippen molar-refractivity contribution < 1.29 is 35.7 Å². The quantitative estimate of drug-likeness (QED) is 0.315. The van der Waals surface area contributed by atoms with Crippen molar-refractivity contribution in [2.75, 3.05) is 0 Å². The Balaban J connectivity index is 0.00000144. The predicted molar refractivity (Wildman–Crippen MR) is 59.0 cm³/mol. The van der Waals surface area contributed by atoms with Crippen LogP contribution in [0.3, 0.4) is 0 Å². The van der Waals surface area contributed by atoms with E-state index < -0.39 is 14.4 Å². The van der Waals surface area contributed by atoms with E-state index in [0.717, 1.165) is 10.4 Å². The van der Waals surface area contributed by atoms with Crippen LogP contribution in [0.5, 0.6) is 0 Å². The molecule has 0 unspecified atom stereocenters. The molecule has 0 atom stereocenters. The molecule has 1 fully saturated rings. The summed E-state index contributed by atoms with van der Waals surface area (Å²) in [7, 11) is -0.588. The van der Waals surface area contributed by atoms with Gasteiger partial charge in [0.25, 0.3) is 0 Å². The molecule has 1 aliphatic heterocycles. The second-order valence-electron chi connectivity index (χ2n) is 3.62. The minimum Gasteiger partial charge on any atom is 0 e. The van der Waals surface area contributed by atoms with Crippen LogP contribution in [0, 0.1) is 0 Å². The monoisotopic (exact) mass is 330 g/mol.